The molecular formula is C23H13FN4O3. The number of hydrogen-bond donors (Lipinski definition) is 1. The quantitative estimate of drug-likeness (QED) is 0.517. The van der Waals surface area contributed by atoms with Crippen molar-refractivity contribution >= 4 is 40.1 Å². The maximum Gasteiger partial charge on any atom is 0.286 e. The molecule has 3 amide bonds. The first kappa shape index (κ1) is 18.6. The average molecular weight is 412 g/mol. The van der Waals surface area contributed by atoms with Crippen molar-refractivity contribution in [2.24, 2.45) is 0 Å². The van der Waals surface area contributed by atoms with Crippen LogP contribution in [0.2, 0.25) is 0 Å². The third-order valence-corrected chi connectivity index (χ3v) is 4.89. The lowest BCUT2D eigenvalue weighted by Gasteiger charge is -2.13. The molecule has 1 aliphatic heterocycles. The predicted octanol–water partition coefficient (Wildman–Crippen LogP) is 3.82. The summed E-state index contributed by atoms with van der Waals surface area (Å²) < 4.78 is 13.7. The second kappa shape index (κ2) is 7.10. The van der Waals surface area contributed by atoms with Gasteiger partial charge in [0.05, 0.1) is 22.4 Å². The van der Waals surface area contributed by atoms with Crippen molar-refractivity contribution in [2.75, 3.05) is 10.2 Å². The molecule has 0 saturated carbocycles. The van der Waals surface area contributed by atoms with Crippen LogP contribution in [0.15, 0.2) is 72.8 Å². The summed E-state index contributed by atoms with van der Waals surface area (Å²) >= 11 is 0. The van der Waals surface area contributed by atoms with Crippen LogP contribution in [0.4, 0.5) is 15.8 Å². The Hall–Kier alpha value is -4.46. The molecule has 0 fully saturated rings. The molecule has 1 aromatic heterocycles. The van der Waals surface area contributed by atoms with Crippen LogP contribution in [0, 0.1) is 5.82 Å². The molecule has 0 radical (unpaired) electrons. The molecule has 0 unspecified atom stereocenters. The van der Waals surface area contributed by atoms with E-state index >= 15 is 0 Å². The maximum absolute atomic E-state index is 13.7. The number of carbonyl (C=O) groups is 3. The molecule has 0 saturated heterocycles. The first-order valence-corrected chi connectivity index (χ1v) is 9.34. The van der Waals surface area contributed by atoms with E-state index in [0.29, 0.717) is 11.0 Å². The Morgan fingerprint density at radius 2 is 1.32 bits per heavy atom. The highest BCUT2D eigenvalue weighted by Gasteiger charge is 2.40. The molecule has 2 heterocycles. The number of benzene rings is 3. The SMILES string of the molecule is O=C(Nc1ccccc1F)c1ccc(N2C(=O)c3nc4ccccc4nc3C2=O)cc1. The third kappa shape index (κ3) is 3.10. The minimum atomic E-state index is -0.582. The number of fused-ring (bicyclic) bond motifs is 2. The lowest BCUT2D eigenvalue weighted by Crippen LogP contribution is -2.29. The lowest BCUT2D eigenvalue weighted by molar-refractivity contribution is 0.0922. The topological polar surface area (TPSA) is 92.3 Å². The Morgan fingerprint density at radius 3 is 1.90 bits per heavy atom. The molecule has 31 heavy (non-hydrogen) atoms. The Labute approximate surface area is 175 Å². The number of halogens is 1. The number of nitrogens with one attached hydrogen (secondary N) is 1. The van der Waals surface area contributed by atoms with Crippen LogP contribution in [0.3, 0.4) is 0 Å². The molecule has 1 N–H and O–H groups in total. The van der Waals surface area contributed by atoms with Gasteiger partial charge in [-0.1, -0.05) is 24.3 Å². The van der Waals surface area contributed by atoms with Crippen molar-refractivity contribution in [2.45, 2.75) is 0 Å². The maximum atomic E-state index is 13.7. The monoisotopic (exact) mass is 412 g/mol. The summed E-state index contributed by atoms with van der Waals surface area (Å²) in [6, 6.07) is 18.6. The molecule has 0 bridgehead atoms. The first-order chi connectivity index (χ1) is 15.0. The number of aromatic nitrogens is 2. The van der Waals surface area contributed by atoms with Crippen molar-refractivity contribution < 1.29 is 18.8 Å². The zero-order valence-corrected chi connectivity index (χ0v) is 15.9. The number of amides is 3. The van der Waals surface area contributed by atoms with Crippen molar-refractivity contribution in [3.8, 4) is 0 Å². The standard InChI is InChI=1S/C23H13FN4O3/c24-15-5-1-2-6-16(15)27-21(29)13-9-11-14(12-10-13)28-22(30)19-20(23(28)31)26-18-8-4-3-7-17(18)25-19/h1-12H,(H,27,29). The number of imide groups is 1. The van der Waals surface area contributed by atoms with Crippen LogP contribution in [-0.2, 0) is 0 Å². The molecule has 8 heteroatoms. The predicted molar refractivity (Wildman–Crippen MR) is 111 cm³/mol. The normalized spacial score (nSPS) is 12.9. The molecule has 3 aromatic carbocycles. The van der Waals surface area contributed by atoms with E-state index < -0.39 is 23.5 Å². The number of para-hydroxylation sites is 3. The Morgan fingerprint density at radius 1 is 0.774 bits per heavy atom. The van der Waals surface area contributed by atoms with Crippen LogP contribution in [0.25, 0.3) is 11.0 Å². The summed E-state index contributed by atoms with van der Waals surface area (Å²) in [5, 5.41) is 2.48. The van der Waals surface area contributed by atoms with Gasteiger partial charge < -0.3 is 5.32 Å². The summed E-state index contributed by atoms with van der Waals surface area (Å²) in [7, 11) is 0. The number of rotatable bonds is 3. The van der Waals surface area contributed by atoms with Gasteiger partial charge in [0.25, 0.3) is 17.7 Å². The van der Waals surface area contributed by atoms with Crippen molar-refractivity contribution in [1.82, 2.24) is 9.97 Å². The van der Waals surface area contributed by atoms with Gasteiger partial charge in [-0.2, -0.15) is 0 Å². The van der Waals surface area contributed by atoms with E-state index in [4.69, 9.17) is 0 Å². The largest absolute Gasteiger partial charge is 0.319 e. The van der Waals surface area contributed by atoms with E-state index in [-0.39, 0.29) is 28.3 Å². The second-order valence-corrected chi connectivity index (χ2v) is 6.84. The minimum absolute atomic E-state index is 0.00919. The van der Waals surface area contributed by atoms with Crippen LogP contribution in [0.5, 0.6) is 0 Å². The zero-order valence-electron chi connectivity index (χ0n) is 15.9. The smallest absolute Gasteiger partial charge is 0.286 e. The molecule has 0 spiro atoms. The van der Waals surface area contributed by atoms with Gasteiger partial charge in [0.15, 0.2) is 11.4 Å². The summed E-state index contributed by atoms with van der Waals surface area (Å²) in [4.78, 5) is 47.6. The van der Waals surface area contributed by atoms with Gasteiger partial charge in [0.1, 0.15) is 5.82 Å². The molecule has 1 aliphatic rings. The van der Waals surface area contributed by atoms with Gasteiger partial charge in [-0.05, 0) is 48.5 Å². The van der Waals surface area contributed by atoms with E-state index in [2.05, 4.69) is 15.3 Å². The Bertz CT molecular complexity index is 1330. The summed E-state index contributed by atoms with van der Waals surface area (Å²) in [5.74, 6) is -2.23. The highest BCUT2D eigenvalue weighted by atomic mass is 19.1. The number of nitrogens with zero attached hydrogens (tertiary/aromatic N) is 3. The average Bonchev–Trinajstić information content (AvgIpc) is 3.03. The lowest BCUT2D eigenvalue weighted by atomic mass is 10.1. The van der Waals surface area contributed by atoms with Crippen LogP contribution in [-0.4, -0.2) is 27.7 Å². The molecule has 7 nitrogen and oxygen atoms in total. The van der Waals surface area contributed by atoms with Gasteiger partial charge in [-0.3, -0.25) is 14.4 Å². The minimum Gasteiger partial charge on any atom is -0.319 e. The number of carbonyl (C=O) groups excluding carboxylic acids is 3. The van der Waals surface area contributed by atoms with Crippen LogP contribution in [0.1, 0.15) is 31.3 Å². The van der Waals surface area contributed by atoms with Crippen molar-refractivity contribution in [3.63, 3.8) is 0 Å². The zero-order chi connectivity index (χ0) is 21.5. The van der Waals surface area contributed by atoms with Crippen molar-refractivity contribution in [3.05, 3.63) is 95.6 Å². The summed E-state index contributed by atoms with van der Waals surface area (Å²) in [5.41, 5.74) is 1.59. The van der Waals surface area contributed by atoms with Gasteiger partial charge in [-0.25, -0.2) is 19.3 Å². The highest BCUT2D eigenvalue weighted by molar-refractivity contribution is 6.33. The summed E-state index contributed by atoms with van der Waals surface area (Å²) in [6.45, 7) is 0. The number of anilines is 2. The highest BCUT2D eigenvalue weighted by Crippen LogP contribution is 2.28. The molecule has 0 atom stereocenters. The van der Waals surface area contributed by atoms with E-state index in [1.807, 2.05) is 0 Å². The van der Waals surface area contributed by atoms with Gasteiger partial charge in [0, 0.05) is 5.56 Å². The van der Waals surface area contributed by atoms with E-state index in [9.17, 15) is 18.8 Å². The molecule has 4 aromatic rings. The molecule has 150 valence electrons. The molecule has 5 rings (SSSR count). The van der Waals surface area contributed by atoms with Gasteiger partial charge in [-0.15, -0.1) is 0 Å². The van der Waals surface area contributed by atoms with Crippen LogP contribution < -0.4 is 10.2 Å². The van der Waals surface area contributed by atoms with E-state index in [1.165, 1.54) is 42.5 Å². The van der Waals surface area contributed by atoms with Crippen molar-refractivity contribution in [1.29, 1.82) is 0 Å². The summed E-state index contributed by atoms with van der Waals surface area (Å²) in [6.07, 6.45) is 0. The fourth-order valence-corrected chi connectivity index (χ4v) is 3.36. The van der Waals surface area contributed by atoms with E-state index in [1.54, 1.807) is 30.3 Å². The van der Waals surface area contributed by atoms with Gasteiger partial charge in [0.2, 0.25) is 0 Å². The molecular weight excluding hydrogens is 399 g/mol. The third-order valence-electron chi connectivity index (χ3n) is 4.89. The fourth-order valence-electron chi connectivity index (χ4n) is 3.36. The molecule has 0 aliphatic carbocycles. The number of hydrogen-bond acceptors (Lipinski definition) is 5. The van der Waals surface area contributed by atoms with Crippen LogP contribution >= 0.6 is 0 Å². The first-order valence-electron chi connectivity index (χ1n) is 9.34. The fraction of sp³-hybridized carbons (Fsp3) is 0. The Kier molecular flexibility index (Phi) is 4.25. The Balaban J connectivity index is 1.42. The van der Waals surface area contributed by atoms with Gasteiger partial charge >= 0.3 is 0 Å². The van der Waals surface area contributed by atoms with E-state index in [0.717, 1.165) is 4.90 Å². The second-order valence-electron chi connectivity index (χ2n) is 6.84.